The topological polar surface area (TPSA) is 38.3 Å². The first-order valence-corrected chi connectivity index (χ1v) is 7.25. The van der Waals surface area contributed by atoms with Crippen molar-refractivity contribution in [3.8, 4) is 0 Å². The first kappa shape index (κ1) is 16.9. The Labute approximate surface area is 114 Å². The van der Waals surface area contributed by atoms with Gasteiger partial charge >= 0.3 is 0 Å². The lowest BCUT2D eigenvalue weighted by Crippen LogP contribution is -2.37. The van der Waals surface area contributed by atoms with E-state index >= 15 is 0 Å². The molecule has 1 N–H and O–H groups in total. The summed E-state index contributed by atoms with van der Waals surface area (Å²) in [7, 11) is 0. The zero-order chi connectivity index (χ0) is 13.5. The van der Waals surface area contributed by atoms with Crippen molar-refractivity contribution in [3.05, 3.63) is 0 Å². The van der Waals surface area contributed by atoms with E-state index in [2.05, 4.69) is 35.1 Å². The van der Waals surface area contributed by atoms with Crippen LogP contribution >= 0.6 is 15.9 Å². The monoisotopic (exact) mass is 307 g/mol. The third-order valence-electron chi connectivity index (χ3n) is 2.39. The highest BCUT2D eigenvalue weighted by Crippen LogP contribution is 2.21. The SMILES string of the molecule is CC(C)(CCCBr)CNC(=O)COC(C)(C)C. The fraction of sp³-hybridized carbons (Fsp3) is 0.923. The number of alkyl halides is 1. The maximum atomic E-state index is 11.6. The summed E-state index contributed by atoms with van der Waals surface area (Å²) >= 11 is 3.42. The molecule has 0 aliphatic rings. The second-order valence-corrected chi connectivity index (χ2v) is 6.93. The van der Waals surface area contributed by atoms with Gasteiger partial charge in [0.25, 0.3) is 0 Å². The van der Waals surface area contributed by atoms with E-state index in [1.165, 1.54) is 0 Å². The summed E-state index contributed by atoms with van der Waals surface area (Å²) in [4.78, 5) is 11.6. The van der Waals surface area contributed by atoms with Crippen LogP contribution in [0, 0.1) is 5.41 Å². The predicted molar refractivity (Wildman–Crippen MR) is 75.5 cm³/mol. The molecule has 0 saturated carbocycles. The number of halogens is 1. The van der Waals surface area contributed by atoms with Crippen molar-refractivity contribution in [1.29, 1.82) is 0 Å². The molecule has 102 valence electrons. The van der Waals surface area contributed by atoms with Crippen LogP contribution in [-0.2, 0) is 9.53 Å². The van der Waals surface area contributed by atoms with Crippen LogP contribution < -0.4 is 5.32 Å². The van der Waals surface area contributed by atoms with Crippen LogP contribution in [0.25, 0.3) is 0 Å². The summed E-state index contributed by atoms with van der Waals surface area (Å²) in [5.41, 5.74) is -0.117. The number of carbonyl (C=O) groups excluding carboxylic acids is 1. The normalized spacial score (nSPS) is 12.6. The summed E-state index contributed by atoms with van der Waals surface area (Å²) in [6.45, 7) is 11.0. The fourth-order valence-corrected chi connectivity index (χ4v) is 1.59. The first-order valence-electron chi connectivity index (χ1n) is 6.13. The van der Waals surface area contributed by atoms with Gasteiger partial charge < -0.3 is 10.1 Å². The average Bonchev–Trinajstić information content (AvgIpc) is 2.20. The minimum atomic E-state index is -0.261. The standard InChI is InChI=1S/C13H26BrNO2/c1-12(2,3)17-9-11(16)15-10-13(4,5)7-6-8-14/h6-10H2,1-5H3,(H,15,16). The van der Waals surface area contributed by atoms with Crippen LogP contribution in [0.1, 0.15) is 47.5 Å². The second kappa shape index (κ2) is 7.37. The Bertz CT molecular complexity index is 234. The van der Waals surface area contributed by atoms with E-state index in [9.17, 15) is 4.79 Å². The van der Waals surface area contributed by atoms with Crippen LogP contribution in [0.2, 0.25) is 0 Å². The van der Waals surface area contributed by atoms with Gasteiger partial charge in [0.05, 0.1) is 5.60 Å². The van der Waals surface area contributed by atoms with E-state index in [1.54, 1.807) is 0 Å². The number of amides is 1. The van der Waals surface area contributed by atoms with E-state index in [0.717, 1.165) is 18.2 Å². The lowest BCUT2D eigenvalue weighted by molar-refractivity contribution is -0.131. The van der Waals surface area contributed by atoms with Crippen LogP contribution in [0.5, 0.6) is 0 Å². The van der Waals surface area contributed by atoms with E-state index in [-0.39, 0.29) is 23.5 Å². The molecular weight excluding hydrogens is 282 g/mol. The molecule has 0 heterocycles. The maximum Gasteiger partial charge on any atom is 0.246 e. The zero-order valence-electron chi connectivity index (χ0n) is 11.7. The molecule has 0 rings (SSSR count). The molecule has 3 nitrogen and oxygen atoms in total. The molecule has 0 radical (unpaired) electrons. The number of nitrogens with one attached hydrogen (secondary N) is 1. The van der Waals surface area contributed by atoms with Gasteiger partial charge in [0.15, 0.2) is 0 Å². The van der Waals surface area contributed by atoms with Crippen molar-refractivity contribution in [2.75, 3.05) is 18.5 Å². The Morgan fingerprint density at radius 2 is 1.82 bits per heavy atom. The number of carbonyl (C=O) groups is 1. The Kier molecular flexibility index (Phi) is 7.33. The van der Waals surface area contributed by atoms with Crippen molar-refractivity contribution in [3.63, 3.8) is 0 Å². The van der Waals surface area contributed by atoms with Crippen LogP contribution in [0.15, 0.2) is 0 Å². The zero-order valence-corrected chi connectivity index (χ0v) is 13.3. The van der Waals surface area contributed by atoms with Gasteiger partial charge in [0, 0.05) is 11.9 Å². The van der Waals surface area contributed by atoms with Gasteiger partial charge in [0.2, 0.25) is 5.91 Å². The first-order chi connectivity index (χ1) is 7.66. The lowest BCUT2D eigenvalue weighted by atomic mass is 9.88. The van der Waals surface area contributed by atoms with Crippen molar-refractivity contribution in [2.24, 2.45) is 5.41 Å². The molecule has 0 aromatic carbocycles. The van der Waals surface area contributed by atoms with E-state index in [4.69, 9.17) is 4.74 Å². The molecule has 0 unspecified atom stereocenters. The van der Waals surface area contributed by atoms with Crippen molar-refractivity contribution < 1.29 is 9.53 Å². The quantitative estimate of drug-likeness (QED) is 0.734. The maximum absolute atomic E-state index is 11.6. The molecule has 1 amide bonds. The molecule has 17 heavy (non-hydrogen) atoms. The van der Waals surface area contributed by atoms with Crippen molar-refractivity contribution in [1.82, 2.24) is 5.32 Å². The predicted octanol–water partition coefficient (Wildman–Crippen LogP) is 3.12. The Morgan fingerprint density at radius 1 is 1.24 bits per heavy atom. The van der Waals surface area contributed by atoms with Crippen LogP contribution in [0.3, 0.4) is 0 Å². The molecule has 0 aliphatic heterocycles. The van der Waals surface area contributed by atoms with E-state index in [1.807, 2.05) is 20.8 Å². The molecule has 0 saturated heterocycles. The van der Waals surface area contributed by atoms with Gasteiger partial charge in [-0.05, 0) is 39.0 Å². The van der Waals surface area contributed by atoms with Gasteiger partial charge in [-0.3, -0.25) is 4.79 Å². The highest BCUT2D eigenvalue weighted by atomic mass is 79.9. The fourth-order valence-electron chi connectivity index (χ4n) is 1.30. The van der Waals surface area contributed by atoms with E-state index < -0.39 is 0 Å². The minimum Gasteiger partial charge on any atom is -0.366 e. The van der Waals surface area contributed by atoms with Gasteiger partial charge in [-0.2, -0.15) is 0 Å². The molecule has 0 aromatic rings. The smallest absolute Gasteiger partial charge is 0.246 e. The van der Waals surface area contributed by atoms with Crippen LogP contribution in [0.4, 0.5) is 0 Å². The van der Waals surface area contributed by atoms with Crippen molar-refractivity contribution >= 4 is 21.8 Å². The molecule has 0 atom stereocenters. The minimum absolute atomic E-state index is 0.0353. The summed E-state index contributed by atoms with van der Waals surface area (Å²) in [5.74, 6) is -0.0353. The van der Waals surface area contributed by atoms with Gasteiger partial charge in [-0.25, -0.2) is 0 Å². The Balaban J connectivity index is 3.83. The van der Waals surface area contributed by atoms with Gasteiger partial charge in [-0.1, -0.05) is 29.8 Å². The lowest BCUT2D eigenvalue weighted by Gasteiger charge is -2.25. The Hall–Kier alpha value is -0.0900. The summed E-state index contributed by atoms with van der Waals surface area (Å²) < 4.78 is 5.42. The van der Waals surface area contributed by atoms with E-state index in [0.29, 0.717) is 6.54 Å². The number of ether oxygens (including phenoxy) is 1. The summed E-state index contributed by atoms with van der Waals surface area (Å²) in [6.07, 6.45) is 2.22. The highest BCUT2D eigenvalue weighted by Gasteiger charge is 2.19. The molecule has 0 aliphatic carbocycles. The van der Waals surface area contributed by atoms with Gasteiger partial charge in [-0.15, -0.1) is 0 Å². The molecule has 0 aromatic heterocycles. The largest absolute Gasteiger partial charge is 0.366 e. The number of hydrogen-bond acceptors (Lipinski definition) is 2. The Morgan fingerprint density at radius 3 is 2.29 bits per heavy atom. The number of hydrogen-bond donors (Lipinski definition) is 1. The molecular formula is C13H26BrNO2. The molecule has 4 heteroatoms. The summed E-state index contributed by atoms with van der Waals surface area (Å²) in [6, 6.07) is 0. The average molecular weight is 308 g/mol. The molecule has 0 spiro atoms. The molecule has 0 fully saturated rings. The second-order valence-electron chi connectivity index (χ2n) is 6.13. The number of rotatable bonds is 7. The van der Waals surface area contributed by atoms with Crippen molar-refractivity contribution in [2.45, 2.75) is 53.1 Å². The molecule has 0 bridgehead atoms. The summed E-state index contributed by atoms with van der Waals surface area (Å²) in [5, 5.41) is 3.94. The third-order valence-corrected chi connectivity index (χ3v) is 2.95. The van der Waals surface area contributed by atoms with Gasteiger partial charge in [0.1, 0.15) is 6.61 Å². The third kappa shape index (κ3) is 10.8. The van der Waals surface area contributed by atoms with Crippen LogP contribution in [-0.4, -0.2) is 30.0 Å². The highest BCUT2D eigenvalue weighted by molar-refractivity contribution is 9.09.